The molecule has 0 radical (unpaired) electrons. The number of likely N-dealkylation sites (tertiary alicyclic amines) is 1. The van der Waals surface area contributed by atoms with Crippen molar-refractivity contribution in [3.8, 4) is 0 Å². The van der Waals surface area contributed by atoms with Crippen LogP contribution >= 0.6 is 15.9 Å². The molecule has 2 fully saturated rings. The molecule has 0 saturated carbocycles. The van der Waals surface area contributed by atoms with Gasteiger partial charge in [0.05, 0.1) is 0 Å². The Morgan fingerprint density at radius 1 is 1.21 bits per heavy atom. The summed E-state index contributed by atoms with van der Waals surface area (Å²) in [5.41, 5.74) is 0. The summed E-state index contributed by atoms with van der Waals surface area (Å²) < 4.78 is 5.39. The lowest BCUT2D eigenvalue weighted by atomic mass is 9.99. The standard InChI is InChI=1S/C11H20BrNO/c12-8-11-2-1-5-13(11)9-10-3-6-14-7-4-10/h10-11H,1-9H2. The Kier molecular flexibility index (Phi) is 4.26. The van der Waals surface area contributed by atoms with Crippen molar-refractivity contribution in [3.05, 3.63) is 0 Å². The van der Waals surface area contributed by atoms with Crippen LogP contribution in [0.5, 0.6) is 0 Å². The Morgan fingerprint density at radius 3 is 2.71 bits per heavy atom. The molecule has 0 aromatic heterocycles. The van der Waals surface area contributed by atoms with E-state index >= 15 is 0 Å². The maximum Gasteiger partial charge on any atom is 0.0469 e. The second kappa shape index (κ2) is 5.47. The van der Waals surface area contributed by atoms with Crippen molar-refractivity contribution >= 4 is 15.9 Å². The molecule has 2 nitrogen and oxygen atoms in total. The molecule has 3 heteroatoms. The van der Waals surface area contributed by atoms with E-state index in [1.807, 2.05) is 0 Å². The Hall–Kier alpha value is 0.400. The molecule has 0 bridgehead atoms. The number of nitrogens with zero attached hydrogens (tertiary/aromatic N) is 1. The van der Waals surface area contributed by atoms with E-state index < -0.39 is 0 Å². The molecular weight excluding hydrogens is 242 g/mol. The van der Waals surface area contributed by atoms with Crippen LogP contribution in [0.25, 0.3) is 0 Å². The van der Waals surface area contributed by atoms with E-state index in [1.54, 1.807) is 0 Å². The maximum absolute atomic E-state index is 5.39. The van der Waals surface area contributed by atoms with Crippen LogP contribution in [0.15, 0.2) is 0 Å². The van der Waals surface area contributed by atoms with E-state index in [2.05, 4.69) is 20.8 Å². The zero-order valence-electron chi connectivity index (χ0n) is 8.75. The highest BCUT2D eigenvalue weighted by molar-refractivity contribution is 9.09. The molecule has 2 saturated heterocycles. The van der Waals surface area contributed by atoms with Gasteiger partial charge < -0.3 is 4.74 Å². The lowest BCUT2D eigenvalue weighted by molar-refractivity contribution is 0.0519. The van der Waals surface area contributed by atoms with Gasteiger partial charge in [0.25, 0.3) is 0 Å². The SMILES string of the molecule is BrCC1CCCN1CC1CCOCC1. The van der Waals surface area contributed by atoms with E-state index in [4.69, 9.17) is 4.74 Å². The molecule has 0 aliphatic carbocycles. The monoisotopic (exact) mass is 261 g/mol. The highest BCUT2D eigenvalue weighted by atomic mass is 79.9. The van der Waals surface area contributed by atoms with E-state index in [0.717, 1.165) is 30.5 Å². The van der Waals surface area contributed by atoms with Crippen molar-refractivity contribution in [1.29, 1.82) is 0 Å². The second-order valence-corrected chi connectivity index (χ2v) is 5.15. The predicted octanol–water partition coefficient (Wildman–Crippen LogP) is 2.27. The third-order valence-electron chi connectivity index (χ3n) is 3.51. The summed E-state index contributed by atoms with van der Waals surface area (Å²) in [5, 5.41) is 1.15. The minimum absolute atomic E-state index is 0.804. The van der Waals surface area contributed by atoms with Crippen LogP contribution in [0, 0.1) is 5.92 Å². The topological polar surface area (TPSA) is 12.5 Å². The summed E-state index contributed by atoms with van der Waals surface area (Å²) in [6, 6.07) is 0.804. The summed E-state index contributed by atoms with van der Waals surface area (Å²) in [6.45, 7) is 4.59. The average Bonchev–Trinajstić information content (AvgIpc) is 2.67. The van der Waals surface area contributed by atoms with Gasteiger partial charge in [-0.05, 0) is 38.1 Å². The highest BCUT2D eigenvalue weighted by Crippen LogP contribution is 2.23. The van der Waals surface area contributed by atoms with Crippen LogP contribution in [0.3, 0.4) is 0 Å². The van der Waals surface area contributed by atoms with Gasteiger partial charge in [-0.2, -0.15) is 0 Å². The Labute approximate surface area is 95.1 Å². The Morgan fingerprint density at radius 2 is 2.00 bits per heavy atom. The molecule has 2 heterocycles. The molecule has 0 N–H and O–H groups in total. The Balaban J connectivity index is 1.77. The zero-order valence-corrected chi connectivity index (χ0v) is 10.3. The van der Waals surface area contributed by atoms with Gasteiger partial charge in [-0.1, -0.05) is 15.9 Å². The van der Waals surface area contributed by atoms with Gasteiger partial charge in [0.15, 0.2) is 0 Å². The number of halogens is 1. The molecule has 0 aromatic carbocycles. The van der Waals surface area contributed by atoms with E-state index in [0.29, 0.717) is 0 Å². The minimum atomic E-state index is 0.804. The molecule has 82 valence electrons. The fourth-order valence-electron chi connectivity index (χ4n) is 2.57. The van der Waals surface area contributed by atoms with Crippen molar-refractivity contribution < 1.29 is 4.74 Å². The molecule has 2 rings (SSSR count). The largest absolute Gasteiger partial charge is 0.381 e. The van der Waals surface area contributed by atoms with Crippen molar-refractivity contribution in [2.75, 3.05) is 31.6 Å². The first kappa shape index (κ1) is 10.9. The van der Waals surface area contributed by atoms with Gasteiger partial charge in [-0.3, -0.25) is 4.90 Å². The number of hydrogen-bond acceptors (Lipinski definition) is 2. The van der Waals surface area contributed by atoms with Crippen molar-refractivity contribution in [2.24, 2.45) is 5.92 Å². The molecule has 1 atom stereocenters. The first-order valence-corrected chi connectivity index (χ1v) is 6.90. The molecule has 2 aliphatic rings. The summed E-state index contributed by atoms with van der Waals surface area (Å²) in [6.07, 6.45) is 5.31. The lowest BCUT2D eigenvalue weighted by Gasteiger charge is -2.30. The molecule has 0 aromatic rings. The van der Waals surface area contributed by atoms with Crippen LogP contribution in [0.2, 0.25) is 0 Å². The third-order valence-corrected chi connectivity index (χ3v) is 4.26. The fourth-order valence-corrected chi connectivity index (χ4v) is 3.30. The molecular formula is C11H20BrNO. The van der Waals surface area contributed by atoms with Gasteiger partial charge in [0.2, 0.25) is 0 Å². The van der Waals surface area contributed by atoms with Crippen molar-refractivity contribution in [2.45, 2.75) is 31.7 Å². The number of hydrogen-bond donors (Lipinski definition) is 0. The maximum atomic E-state index is 5.39. The number of alkyl halides is 1. The van der Waals surface area contributed by atoms with Gasteiger partial charge >= 0.3 is 0 Å². The third kappa shape index (κ3) is 2.71. The summed E-state index contributed by atoms with van der Waals surface area (Å²) in [7, 11) is 0. The van der Waals surface area contributed by atoms with Crippen LogP contribution in [-0.2, 0) is 4.74 Å². The van der Waals surface area contributed by atoms with Crippen LogP contribution < -0.4 is 0 Å². The normalized spacial score (nSPS) is 31.1. The number of rotatable bonds is 3. The summed E-state index contributed by atoms with van der Waals surface area (Å²) in [5.74, 6) is 0.892. The first-order valence-electron chi connectivity index (χ1n) is 5.78. The fraction of sp³-hybridized carbons (Fsp3) is 1.00. The van der Waals surface area contributed by atoms with Crippen LogP contribution in [0.1, 0.15) is 25.7 Å². The predicted molar refractivity (Wildman–Crippen MR) is 61.9 cm³/mol. The Bertz CT molecular complexity index is 171. The highest BCUT2D eigenvalue weighted by Gasteiger charge is 2.26. The lowest BCUT2D eigenvalue weighted by Crippen LogP contribution is -2.36. The van der Waals surface area contributed by atoms with Gasteiger partial charge in [0.1, 0.15) is 0 Å². The summed E-state index contributed by atoms with van der Waals surface area (Å²) >= 11 is 3.62. The van der Waals surface area contributed by atoms with E-state index in [1.165, 1.54) is 38.8 Å². The van der Waals surface area contributed by atoms with E-state index in [9.17, 15) is 0 Å². The smallest absolute Gasteiger partial charge is 0.0469 e. The quantitative estimate of drug-likeness (QED) is 0.723. The number of ether oxygens (including phenoxy) is 1. The van der Waals surface area contributed by atoms with Crippen LogP contribution in [0.4, 0.5) is 0 Å². The van der Waals surface area contributed by atoms with Gasteiger partial charge in [-0.25, -0.2) is 0 Å². The molecule has 14 heavy (non-hydrogen) atoms. The van der Waals surface area contributed by atoms with Crippen LogP contribution in [-0.4, -0.2) is 42.6 Å². The van der Waals surface area contributed by atoms with Crippen molar-refractivity contribution in [3.63, 3.8) is 0 Å². The second-order valence-electron chi connectivity index (χ2n) is 4.50. The molecule has 2 aliphatic heterocycles. The first-order chi connectivity index (χ1) is 6.90. The van der Waals surface area contributed by atoms with Crippen molar-refractivity contribution in [1.82, 2.24) is 4.90 Å². The average molecular weight is 262 g/mol. The minimum Gasteiger partial charge on any atom is -0.381 e. The summed E-state index contributed by atoms with van der Waals surface area (Å²) in [4.78, 5) is 2.67. The molecule has 0 spiro atoms. The van der Waals surface area contributed by atoms with Gasteiger partial charge in [-0.15, -0.1) is 0 Å². The molecule has 0 amide bonds. The molecule has 1 unspecified atom stereocenters. The van der Waals surface area contributed by atoms with Gasteiger partial charge in [0, 0.05) is 31.1 Å². The van der Waals surface area contributed by atoms with E-state index in [-0.39, 0.29) is 0 Å². The zero-order chi connectivity index (χ0) is 9.80.